The maximum atomic E-state index is 6.06. The highest BCUT2D eigenvalue weighted by Crippen LogP contribution is 2.46. The quantitative estimate of drug-likeness (QED) is 0.845. The smallest absolute Gasteiger partial charge is 0.0951 e. The van der Waals surface area contributed by atoms with E-state index in [1.807, 2.05) is 0 Å². The molecule has 1 saturated carbocycles. The summed E-state index contributed by atoms with van der Waals surface area (Å²) in [6.45, 7) is 12.3. The third-order valence-electron chi connectivity index (χ3n) is 5.59. The molecule has 3 rings (SSSR count). The Bertz CT molecular complexity index is 355. The maximum absolute atomic E-state index is 6.06. The molecular weight excluding hydrogens is 262 g/mol. The van der Waals surface area contributed by atoms with Crippen molar-refractivity contribution in [2.75, 3.05) is 19.8 Å². The number of nitrogens with one attached hydrogen (secondary N) is 1. The first-order valence-corrected chi connectivity index (χ1v) is 8.76. The van der Waals surface area contributed by atoms with Crippen LogP contribution in [0.1, 0.15) is 66.2 Å². The first-order valence-electron chi connectivity index (χ1n) is 8.76. The Hall–Kier alpha value is -0.120. The van der Waals surface area contributed by atoms with E-state index in [1.165, 1.54) is 19.3 Å². The van der Waals surface area contributed by atoms with Gasteiger partial charge in [-0.05, 0) is 42.9 Å². The topological polar surface area (TPSA) is 30.5 Å². The van der Waals surface area contributed by atoms with Crippen LogP contribution in [0.3, 0.4) is 0 Å². The first-order chi connectivity index (χ1) is 9.78. The van der Waals surface area contributed by atoms with Crippen LogP contribution >= 0.6 is 0 Å². The largest absolute Gasteiger partial charge is 0.378 e. The lowest BCUT2D eigenvalue weighted by Crippen LogP contribution is -2.53. The van der Waals surface area contributed by atoms with E-state index in [1.54, 1.807) is 0 Å². The lowest BCUT2D eigenvalue weighted by Gasteiger charge is -2.47. The number of rotatable bonds is 2. The van der Waals surface area contributed by atoms with Gasteiger partial charge in [0.2, 0.25) is 0 Å². The van der Waals surface area contributed by atoms with E-state index in [0.717, 1.165) is 39.1 Å². The van der Waals surface area contributed by atoms with E-state index in [-0.39, 0.29) is 5.60 Å². The van der Waals surface area contributed by atoms with Gasteiger partial charge in [0, 0.05) is 31.7 Å². The van der Waals surface area contributed by atoms with E-state index < -0.39 is 0 Å². The van der Waals surface area contributed by atoms with Gasteiger partial charge >= 0.3 is 0 Å². The third-order valence-corrected chi connectivity index (χ3v) is 5.59. The molecule has 2 atom stereocenters. The molecule has 3 nitrogen and oxygen atoms in total. The van der Waals surface area contributed by atoms with Gasteiger partial charge in [0.05, 0.1) is 12.2 Å². The van der Waals surface area contributed by atoms with Crippen molar-refractivity contribution in [3.8, 4) is 0 Å². The van der Waals surface area contributed by atoms with Crippen LogP contribution in [0.2, 0.25) is 0 Å². The van der Waals surface area contributed by atoms with Crippen molar-refractivity contribution in [1.82, 2.24) is 5.32 Å². The van der Waals surface area contributed by atoms with Crippen LogP contribution in [0.5, 0.6) is 0 Å². The van der Waals surface area contributed by atoms with Crippen LogP contribution in [0.25, 0.3) is 0 Å². The molecule has 122 valence electrons. The highest BCUT2D eigenvalue weighted by Gasteiger charge is 2.43. The SMILES string of the molecule is CC1(C)CC(NC2CCOC3(CCOC3)C2)CC(C)(C)C1. The van der Waals surface area contributed by atoms with Gasteiger partial charge in [-0.25, -0.2) is 0 Å². The molecule has 0 aromatic rings. The van der Waals surface area contributed by atoms with E-state index in [0.29, 0.717) is 22.9 Å². The van der Waals surface area contributed by atoms with Crippen molar-refractivity contribution in [1.29, 1.82) is 0 Å². The highest BCUT2D eigenvalue weighted by atomic mass is 16.6. The van der Waals surface area contributed by atoms with Crippen LogP contribution in [-0.4, -0.2) is 37.5 Å². The zero-order valence-corrected chi connectivity index (χ0v) is 14.3. The van der Waals surface area contributed by atoms with E-state index >= 15 is 0 Å². The fourth-order valence-corrected chi connectivity index (χ4v) is 5.33. The number of hydrogen-bond donors (Lipinski definition) is 1. The van der Waals surface area contributed by atoms with Crippen molar-refractivity contribution in [2.24, 2.45) is 10.8 Å². The Morgan fingerprint density at radius 1 is 0.905 bits per heavy atom. The van der Waals surface area contributed by atoms with Gasteiger partial charge in [-0.3, -0.25) is 0 Å². The van der Waals surface area contributed by atoms with Crippen LogP contribution in [0, 0.1) is 10.8 Å². The summed E-state index contributed by atoms with van der Waals surface area (Å²) in [6.07, 6.45) is 7.30. The van der Waals surface area contributed by atoms with E-state index in [9.17, 15) is 0 Å². The zero-order valence-electron chi connectivity index (χ0n) is 14.3. The van der Waals surface area contributed by atoms with Crippen LogP contribution in [-0.2, 0) is 9.47 Å². The van der Waals surface area contributed by atoms with Gasteiger partial charge in [-0.1, -0.05) is 27.7 Å². The number of ether oxygens (including phenoxy) is 2. The van der Waals surface area contributed by atoms with Gasteiger partial charge in [0.25, 0.3) is 0 Å². The second-order valence-corrected chi connectivity index (χ2v) is 9.30. The Kier molecular flexibility index (Phi) is 4.13. The monoisotopic (exact) mass is 295 g/mol. The number of hydrogen-bond acceptors (Lipinski definition) is 3. The molecule has 2 aliphatic heterocycles. The van der Waals surface area contributed by atoms with Crippen molar-refractivity contribution in [2.45, 2.75) is 83.9 Å². The minimum Gasteiger partial charge on any atom is -0.378 e. The standard InChI is InChI=1S/C18H33NO2/c1-16(2)9-15(10-17(3,4)12-16)19-14-5-7-21-18(11-14)6-8-20-13-18/h14-15,19H,5-13H2,1-4H3. The van der Waals surface area contributed by atoms with Crippen molar-refractivity contribution >= 4 is 0 Å². The molecular formula is C18H33NO2. The summed E-state index contributed by atoms with van der Waals surface area (Å²) in [5.74, 6) is 0. The van der Waals surface area contributed by atoms with E-state index in [4.69, 9.17) is 9.47 Å². The average molecular weight is 295 g/mol. The molecule has 2 heterocycles. The molecule has 0 amide bonds. The first kappa shape index (κ1) is 15.8. The second-order valence-electron chi connectivity index (χ2n) is 9.30. The fourth-order valence-electron chi connectivity index (χ4n) is 5.33. The van der Waals surface area contributed by atoms with Crippen molar-refractivity contribution in [3.63, 3.8) is 0 Å². The molecule has 3 heteroatoms. The molecule has 0 aromatic carbocycles. The minimum atomic E-state index is 0.0234. The lowest BCUT2D eigenvalue weighted by atomic mass is 9.63. The van der Waals surface area contributed by atoms with Crippen LogP contribution in [0.4, 0.5) is 0 Å². The molecule has 21 heavy (non-hydrogen) atoms. The summed E-state index contributed by atoms with van der Waals surface area (Å²) in [4.78, 5) is 0. The predicted molar refractivity (Wildman–Crippen MR) is 85.5 cm³/mol. The molecule has 0 aromatic heterocycles. The molecule has 0 radical (unpaired) electrons. The highest BCUT2D eigenvalue weighted by molar-refractivity contribution is 4.97. The fraction of sp³-hybridized carbons (Fsp3) is 1.00. The van der Waals surface area contributed by atoms with Crippen LogP contribution in [0.15, 0.2) is 0 Å². The Balaban J connectivity index is 1.60. The molecule has 1 N–H and O–H groups in total. The van der Waals surface area contributed by atoms with Crippen molar-refractivity contribution in [3.05, 3.63) is 0 Å². The Morgan fingerprint density at radius 3 is 2.24 bits per heavy atom. The van der Waals surface area contributed by atoms with Crippen LogP contribution < -0.4 is 5.32 Å². The molecule has 0 bridgehead atoms. The van der Waals surface area contributed by atoms with Gasteiger partial charge in [0.15, 0.2) is 0 Å². The molecule has 1 aliphatic carbocycles. The minimum absolute atomic E-state index is 0.0234. The average Bonchev–Trinajstić information content (AvgIpc) is 2.72. The zero-order chi connectivity index (χ0) is 15.1. The van der Waals surface area contributed by atoms with Gasteiger partial charge in [0.1, 0.15) is 0 Å². The van der Waals surface area contributed by atoms with Gasteiger partial charge in [-0.15, -0.1) is 0 Å². The maximum Gasteiger partial charge on any atom is 0.0951 e. The molecule has 2 unspecified atom stereocenters. The second kappa shape index (κ2) is 5.50. The molecule has 3 fully saturated rings. The third kappa shape index (κ3) is 3.80. The normalized spacial score (nSPS) is 39.7. The summed E-state index contributed by atoms with van der Waals surface area (Å²) in [7, 11) is 0. The summed E-state index contributed by atoms with van der Waals surface area (Å²) in [5, 5.41) is 3.98. The molecule has 3 aliphatic rings. The molecule has 2 saturated heterocycles. The van der Waals surface area contributed by atoms with Gasteiger partial charge in [-0.2, -0.15) is 0 Å². The van der Waals surface area contributed by atoms with Gasteiger partial charge < -0.3 is 14.8 Å². The summed E-state index contributed by atoms with van der Waals surface area (Å²) in [6, 6.07) is 1.27. The summed E-state index contributed by atoms with van der Waals surface area (Å²) >= 11 is 0. The predicted octanol–water partition coefficient (Wildman–Crippen LogP) is 3.52. The lowest BCUT2D eigenvalue weighted by molar-refractivity contribution is -0.0920. The summed E-state index contributed by atoms with van der Waals surface area (Å²) in [5.41, 5.74) is 0.938. The molecule has 1 spiro atoms. The Labute approximate surface area is 130 Å². The van der Waals surface area contributed by atoms with E-state index in [2.05, 4.69) is 33.0 Å². The van der Waals surface area contributed by atoms with Crippen molar-refractivity contribution < 1.29 is 9.47 Å². The Morgan fingerprint density at radius 2 is 1.62 bits per heavy atom. The summed E-state index contributed by atoms with van der Waals surface area (Å²) < 4.78 is 11.7.